The number of amides is 1. The van der Waals surface area contributed by atoms with Crippen molar-refractivity contribution in [3.63, 3.8) is 0 Å². The van der Waals surface area contributed by atoms with Crippen LogP contribution in [0.4, 0.5) is 5.69 Å². The summed E-state index contributed by atoms with van der Waals surface area (Å²) in [7, 11) is -2.27. The van der Waals surface area contributed by atoms with Crippen molar-refractivity contribution in [3.05, 3.63) is 59.1 Å². The normalized spacial score (nSPS) is 10.9. The fourth-order valence-corrected chi connectivity index (χ4v) is 3.58. The zero-order valence-corrected chi connectivity index (χ0v) is 16.8. The second-order valence-corrected chi connectivity index (χ2v) is 8.49. The van der Waals surface area contributed by atoms with Crippen LogP contribution in [0.15, 0.2) is 48.5 Å². The fourth-order valence-electron chi connectivity index (χ4n) is 2.28. The molecule has 0 fully saturated rings. The highest BCUT2D eigenvalue weighted by Crippen LogP contribution is 2.14. The topological polar surface area (TPSA) is 98.8 Å². The van der Waals surface area contributed by atoms with E-state index in [-0.39, 0.29) is 18.8 Å². The number of sulfone groups is 1. The molecule has 0 heterocycles. The van der Waals surface area contributed by atoms with Crippen molar-refractivity contribution in [1.29, 1.82) is 0 Å². The summed E-state index contributed by atoms with van der Waals surface area (Å²) in [5.41, 5.74) is 0.868. The first-order chi connectivity index (χ1) is 13.3. The number of halogens is 1. The lowest BCUT2D eigenvalue weighted by Crippen LogP contribution is -2.25. The molecule has 2 aromatic carbocycles. The van der Waals surface area contributed by atoms with Gasteiger partial charge in [0, 0.05) is 10.7 Å². The summed E-state index contributed by atoms with van der Waals surface area (Å²) in [6.07, 6.45) is 0.231. The first kappa shape index (κ1) is 21.7. The Labute approximate surface area is 168 Å². The highest BCUT2D eigenvalue weighted by Gasteiger charge is 2.16. The molecule has 0 bridgehead atoms. The number of nitrogens with one attached hydrogen (secondary N) is 1. The minimum absolute atomic E-state index is 0.162. The van der Waals surface area contributed by atoms with Crippen molar-refractivity contribution in [2.24, 2.45) is 0 Å². The van der Waals surface area contributed by atoms with Gasteiger partial charge < -0.3 is 14.8 Å². The molecule has 0 aliphatic rings. The van der Waals surface area contributed by atoms with Crippen LogP contribution in [-0.2, 0) is 19.4 Å². The van der Waals surface area contributed by atoms with Gasteiger partial charge in [-0.1, -0.05) is 11.6 Å². The number of methoxy groups -OCH3 is 1. The SMILES string of the molecule is COC(=O)c1ccc(OCCCS(=O)(=O)CC(=O)Nc2ccc(Cl)cc2)cc1. The Balaban J connectivity index is 1.74. The van der Waals surface area contributed by atoms with Gasteiger partial charge in [-0.15, -0.1) is 0 Å². The van der Waals surface area contributed by atoms with Gasteiger partial charge in [-0.2, -0.15) is 0 Å². The monoisotopic (exact) mass is 425 g/mol. The molecule has 2 rings (SSSR count). The van der Waals surface area contributed by atoms with E-state index >= 15 is 0 Å². The zero-order valence-electron chi connectivity index (χ0n) is 15.2. The molecule has 7 nitrogen and oxygen atoms in total. The van der Waals surface area contributed by atoms with Crippen LogP contribution in [0.25, 0.3) is 0 Å². The second-order valence-electron chi connectivity index (χ2n) is 5.87. The van der Waals surface area contributed by atoms with Gasteiger partial charge in [0.25, 0.3) is 0 Å². The van der Waals surface area contributed by atoms with Gasteiger partial charge in [-0.3, -0.25) is 4.79 Å². The maximum atomic E-state index is 12.1. The molecular formula is C19H20ClNO6S. The number of anilines is 1. The van der Waals surface area contributed by atoms with E-state index < -0.39 is 27.5 Å². The van der Waals surface area contributed by atoms with E-state index in [0.29, 0.717) is 22.0 Å². The Kier molecular flexibility index (Phi) is 7.83. The van der Waals surface area contributed by atoms with Crippen molar-refractivity contribution in [1.82, 2.24) is 0 Å². The van der Waals surface area contributed by atoms with Crippen molar-refractivity contribution in [3.8, 4) is 5.75 Å². The molecule has 150 valence electrons. The minimum atomic E-state index is -3.56. The summed E-state index contributed by atoms with van der Waals surface area (Å²) in [6.45, 7) is 0.162. The quantitative estimate of drug-likeness (QED) is 0.490. The molecule has 0 saturated heterocycles. The fraction of sp³-hybridized carbons (Fsp3) is 0.263. The van der Waals surface area contributed by atoms with E-state index in [1.807, 2.05) is 0 Å². The number of carbonyl (C=O) groups is 2. The number of hydrogen-bond acceptors (Lipinski definition) is 6. The van der Waals surface area contributed by atoms with Gasteiger partial charge in [0.1, 0.15) is 11.5 Å². The molecule has 0 aromatic heterocycles. The molecule has 1 amide bonds. The molecule has 0 aliphatic carbocycles. The van der Waals surface area contributed by atoms with Gasteiger partial charge in [-0.25, -0.2) is 13.2 Å². The minimum Gasteiger partial charge on any atom is -0.494 e. The Bertz CT molecular complexity index is 910. The summed E-state index contributed by atoms with van der Waals surface area (Å²) in [5, 5.41) is 3.03. The Hall–Kier alpha value is -2.58. The predicted octanol–water partition coefficient (Wildman–Crippen LogP) is 2.95. The van der Waals surface area contributed by atoms with Gasteiger partial charge in [0.2, 0.25) is 5.91 Å². The van der Waals surface area contributed by atoms with Gasteiger partial charge in [0.15, 0.2) is 9.84 Å². The highest BCUT2D eigenvalue weighted by atomic mass is 35.5. The summed E-state index contributed by atoms with van der Waals surface area (Å²) in [6, 6.07) is 12.7. The number of rotatable bonds is 9. The Morgan fingerprint density at radius 1 is 1.04 bits per heavy atom. The second kappa shape index (κ2) is 10.1. The molecule has 0 aliphatic heterocycles. The average molecular weight is 426 g/mol. The molecule has 2 aromatic rings. The number of ether oxygens (including phenoxy) is 2. The van der Waals surface area contributed by atoms with Crippen molar-refractivity contribution < 1.29 is 27.5 Å². The van der Waals surface area contributed by atoms with E-state index in [1.54, 1.807) is 48.5 Å². The third-order valence-electron chi connectivity index (χ3n) is 3.62. The van der Waals surface area contributed by atoms with Crippen LogP contribution in [0, 0.1) is 0 Å². The molecule has 0 atom stereocenters. The Morgan fingerprint density at radius 3 is 2.29 bits per heavy atom. The van der Waals surface area contributed by atoms with Crippen molar-refractivity contribution in [2.45, 2.75) is 6.42 Å². The van der Waals surface area contributed by atoms with Gasteiger partial charge in [0.05, 0.1) is 25.0 Å². The van der Waals surface area contributed by atoms with E-state index in [1.165, 1.54) is 7.11 Å². The molecule has 9 heteroatoms. The molecule has 28 heavy (non-hydrogen) atoms. The number of benzene rings is 2. The standard InChI is InChI=1S/C19H20ClNO6S/c1-26-19(23)14-3-9-17(10-4-14)27-11-2-12-28(24,25)13-18(22)21-16-7-5-15(20)6-8-16/h3-10H,2,11-13H2,1H3,(H,21,22). The van der Waals surface area contributed by atoms with E-state index in [2.05, 4.69) is 10.1 Å². The van der Waals surface area contributed by atoms with Crippen LogP contribution in [0.1, 0.15) is 16.8 Å². The van der Waals surface area contributed by atoms with Crippen molar-refractivity contribution >= 4 is 39.0 Å². The lowest BCUT2D eigenvalue weighted by Gasteiger charge is -2.08. The maximum absolute atomic E-state index is 12.1. The molecule has 1 N–H and O–H groups in total. The zero-order chi connectivity index (χ0) is 20.6. The number of carbonyl (C=O) groups excluding carboxylic acids is 2. The van der Waals surface area contributed by atoms with Crippen LogP contribution in [-0.4, -0.2) is 45.5 Å². The summed E-state index contributed by atoms with van der Waals surface area (Å²) in [5.74, 6) is -1.34. The van der Waals surface area contributed by atoms with Crippen LogP contribution in [0.5, 0.6) is 5.75 Å². The van der Waals surface area contributed by atoms with Gasteiger partial charge >= 0.3 is 5.97 Å². The number of esters is 1. The third-order valence-corrected chi connectivity index (χ3v) is 5.49. The van der Waals surface area contributed by atoms with Gasteiger partial charge in [-0.05, 0) is 55.0 Å². The summed E-state index contributed by atoms with van der Waals surface area (Å²) < 4.78 is 34.2. The summed E-state index contributed by atoms with van der Waals surface area (Å²) in [4.78, 5) is 23.2. The smallest absolute Gasteiger partial charge is 0.337 e. The largest absolute Gasteiger partial charge is 0.494 e. The van der Waals surface area contributed by atoms with Crippen LogP contribution >= 0.6 is 11.6 Å². The molecule has 0 unspecified atom stereocenters. The Morgan fingerprint density at radius 2 is 1.68 bits per heavy atom. The first-order valence-corrected chi connectivity index (χ1v) is 10.6. The predicted molar refractivity (Wildman–Crippen MR) is 107 cm³/mol. The average Bonchev–Trinajstić information content (AvgIpc) is 2.66. The van der Waals surface area contributed by atoms with Crippen LogP contribution < -0.4 is 10.1 Å². The molecular weight excluding hydrogens is 406 g/mol. The molecule has 0 saturated carbocycles. The first-order valence-electron chi connectivity index (χ1n) is 8.36. The number of hydrogen-bond donors (Lipinski definition) is 1. The third kappa shape index (κ3) is 7.21. The van der Waals surface area contributed by atoms with Crippen LogP contribution in [0.3, 0.4) is 0 Å². The van der Waals surface area contributed by atoms with E-state index in [4.69, 9.17) is 16.3 Å². The molecule has 0 spiro atoms. The maximum Gasteiger partial charge on any atom is 0.337 e. The molecule has 0 radical (unpaired) electrons. The van der Waals surface area contributed by atoms with E-state index in [0.717, 1.165) is 0 Å². The highest BCUT2D eigenvalue weighted by molar-refractivity contribution is 7.92. The van der Waals surface area contributed by atoms with E-state index in [9.17, 15) is 18.0 Å². The van der Waals surface area contributed by atoms with Crippen molar-refractivity contribution in [2.75, 3.05) is 30.5 Å². The van der Waals surface area contributed by atoms with Crippen LogP contribution in [0.2, 0.25) is 5.02 Å². The lowest BCUT2D eigenvalue weighted by molar-refractivity contribution is -0.113. The lowest BCUT2D eigenvalue weighted by atomic mass is 10.2. The summed E-state index contributed by atoms with van der Waals surface area (Å²) >= 11 is 5.76.